The lowest BCUT2D eigenvalue weighted by Crippen LogP contribution is -2.04. The summed E-state index contributed by atoms with van der Waals surface area (Å²) in [6, 6.07) is 15.9. The molecule has 20 heavy (non-hydrogen) atoms. The maximum absolute atomic E-state index is 12.9. The van der Waals surface area contributed by atoms with E-state index in [9.17, 15) is 17.4 Å². The quantitative estimate of drug-likeness (QED) is 0.765. The summed E-state index contributed by atoms with van der Waals surface area (Å²) >= 11 is -0.620. The van der Waals surface area contributed by atoms with E-state index in [0.717, 1.165) is 0 Å². The number of nitrogens with zero attached hydrogens (tertiary/aromatic N) is 1. The Kier molecular flexibility index (Phi) is 4.39. The van der Waals surface area contributed by atoms with Crippen LogP contribution >= 0.6 is 11.9 Å². The first-order valence-electron chi connectivity index (χ1n) is 5.53. The van der Waals surface area contributed by atoms with E-state index in [1.54, 1.807) is 36.4 Å². The average molecular weight is 317 g/mol. The number of halogens is 3. The fourth-order valence-corrected chi connectivity index (χ4v) is 4.30. The van der Waals surface area contributed by atoms with Gasteiger partial charge in [0.2, 0.25) is 0 Å². The Morgan fingerprint density at radius 3 is 1.60 bits per heavy atom. The second-order valence-corrected chi connectivity index (χ2v) is 7.00. The maximum Gasteiger partial charge on any atom is 0.464 e. The number of hydrogen-bond acceptors (Lipinski definition) is 3. The van der Waals surface area contributed by atoms with Crippen molar-refractivity contribution >= 4 is 21.7 Å². The minimum absolute atomic E-state index is 0.253. The van der Waals surface area contributed by atoms with Gasteiger partial charge in [0.1, 0.15) is 9.73 Å². The fourth-order valence-electron chi connectivity index (χ4n) is 1.53. The zero-order chi connectivity index (χ0) is 14.6. The third kappa shape index (κ3) is 3.55. The Morgan fingerprint density at radius 1 is 0.850 bits per heavy atom. The van der Waals surface area contributed by atoms with Crippen LogP contribution in [-0.4, -0.2) is 9.72 Å². The van der Waals surface area contributed by atoms with E-state index in [4.69, 9.17) is 0 Å². The smallest absolute Gasteiger partial charge is 0.239 e. The van der Waals surface area contributed by atoms with Gasteiger partial charge in [0.15, 0.2) is 0 Å². The number of rotatable bonds is 3. The molecule has 0 saturated carbocycles. The van der Waals surface area contributed by atoms with E-state index < -0.39 is 27.2 Å². The van der Waals surface area contributed by atoms with E-state index in [1.165, 1.54) is 24.3 Å². The van der Waals surface area contributed by atoms with Crippen molar-refractivity contribution in [3.05, 3.63) is 60.7 Å². The van der Waals surface area contributed by atoms with Crippen LogP contribution in [-0.2, 0) is 9.73 Å². The highest BCUT2D eigenvalue weighted by molar-refractivity contribution is 8.07. The molecule has 0 radical (unpaired) electrons. The summed E-state index contributed by atoms with van der Waals surface area (Å²) in [5.41, 5.74) is -4.56. The Bertz CT molecular complexity index is 632. The summed E-state index contributed by atoms with van der Waals surface area (Å²) in [6.07, 6.45) is 0. The van der Waals surface area contributed by atoms with Gasteiger partial charge in [-0.25, -0.2) is 4.21 Å². The molecule has 0 saturated heterocycles. The van der Waals surface area contributed by atoms with Crippen LogP contribution in [0.25, 0.3) is 0 Å². The van der Waals surface area contributed by atoms with Gasteiger partial charge in [-0.2, -0.15) is 13.2 Å². The molecule has 0 unspecified atom stereocenters. The van der Waals surface area contributed by atoms with Crippen LogP contribution in [0.3, 0.4) is 0 Å². The summed E-state index contributed by atoms with van der Waals surface area (Å²) in [6.45, 7) is 0. The molecule has 0 fully saturated rings. The molecule has 2 aromatic rings. The zero-order valence-electron chi connectivity index (χ0n) is 10.1. The topological polar surface area (TPSA) is 29.4 Å². The second-order valence-electron chi connectivity index (χ2n) is 3.76. The number of benzene rings is 2. The third-order valence-electron chi connectivity index (χ3n) is 2.37. The first-order valence-corrected chi connectivity index (χ1v) is 7.82. The number of hydrogen-bond donors (Lipinski definition) is 0. The second kappa shape index (κ2) is 5.88. The van der Waals surface area contributed by atoms with Gasteiger partial charge < -0.3 is 0 Å². The Hall–Kier alpha value is -1.47. The van der Waals surface area contributed by atoms with Gasteiger partial charge in [-0.05, 0) is 24.3 Å². The highest BCUT2D eigenvalue weighted by atomic mass is 32.2. The van der Waals surface area contributed by atoms with Crippen molar-refractivity contribution < 1.29 is 17.4 Å². The standard InChI is InChI=1S/C13H10F3NOS2/c14-13(15,16)19-17-20(18,11-7-3-1-4-8-11)12-9-5-2-6-10-12/h1-10H. The van der Waals surface area contributed by atoms with Crippen LogP contribution in [0.1, 0.15) is 0 Å². The van der Waals surface area contributed by atoms with Gasteiger partial charge in [-0.15, -0.1) is 3.77 Å². The lowest BCUT2D eigenvalue weighted by molar-refractivity contribution is -0.0327. The van der Waals surface area contributed by atoms with Gasteiger partial charge in [0, 0.05) is 0 Å². The van der Waals surface area contributed by atoms with Crippen molar-refractivity contribution in [2.75, 3.05) is 0 Å². The van der Waals surface area contributed by atoms with E-state index in [0.29, 0.717) is 0 Å². The molecule has 0 aromatic heterocycles. The molecule has 0 heterocycles. The molecule has 0 N–H and O–H groups in total. The normalized spacial score (nSPS) is 12.2. The van der Waals surface area contributed by atoms with Crippen LogP contribution in [0.4, 0.5) is 13.2 Å². The lowest BCUT2D eigenvalue weighted by Gasteiger charge is -2.11. The largest absolute Gasteiger partial charge is 0.464 e. The van der Waals surface area contributed by atoms with Crippen LogP contribution in [0, 0.1) is 0 Å². The molecule has 0 bridgehead atoms. The van der Waals surface area contributed by atoms with E-state index in [2.05, 4.69) is 3.77 Å². The van der Waals surface area contributed by atoms with Crippen molar-refractivity contribution in [1.29, 1.82) is 0 Å². The van der Waals surface area contributed by atoms with Crippen molar-refractivity contribution in [1.82, 2.24) is 0 Å². The molecule has 7 heteroatoms. The number of alkyl halides is 3. The molecule has 0 aliphatic carbocycles. The molecule has 0 aliphatic rings. The van der Waals surface area contributed by atoms with E-state index in [-0.39, 0.29) is 9.79 Å². The van der Waals surface area contributed by atoms with Crippen LogP contribution in [0.5, 0.6) is 0 Å². The van der Waals surface area contributed by atoms with Crippen LogP contribution in [0.2, 0.25) is 0 Å². The van der Waals surface area contributed by atoms with E-state index >= 15 is 0 Å². The molecule has 0 amide bonds. The predicted octanol–water partition coefficient (Wildman–Crippen LogP) is 4.74. The Morgan fingerprint density at radius 2 is 1.25 bits per heavy atom. The molecule has 2 aromatic carbocycles. The molecule has 106 valence electrons. The Labute approximate surface area is 119 Å². The van der Waals surface area contributed by atoms with Crippen molar-refractivity contribution in [2.24, 2.45) is 3.77 Å². The lowest BCUT2D eigenvalue weighted by atomic mass is 10.4. The Balaban J connectivity index is 2.59. The van der Waals surface area contributed by atoms with Crippen LogP contribution in [0.15, 0.2) is 74.2 Å². The highest BCUT2D eigenvalue weighted by Gasteiger charge is 2.31. The maximum atomic E-state index is 12.9. The molecule has 2 rings (SSSR count). The first-order chi connectivity index (χ1) is 9.42. The average Bonchev–Trinajstić information content (AvgIpc) is 2.46. The van der Waals surface area contributed by atoms with Crippen LogP contribution < -0.4 is 0 Å². The monoisotopic (exact) mass is 317 g/mol. The van der Waals surface area contributed by atoms with Crippen molar-refractivity contribution in [3.8, 4) is 0 Å². The van der Waals surface area contributed by atoms with E-state index in [1.807, 2.05) is 0 Å². The SMILES string of the molecule is O=S(=NSC(F)(F)F)(c1ccccc1)c1ccccc1. The fraction of sp³-hybridized carbons (Fsp3) is 0.0769. The summed E-state index contributed by atoms with van der Waals surface area (Å²) < 4.78 is 53.4. The minimum Gasteiger partial charge on any atom is -0.239 e. The molecular formula is C13H10F3NOS2. The predicted molar refractivity (Wildman–Crippen MR) is 73.6 cm³/mol. The summed E-state index contributed by atoms with van der Waals surface area (Å²) in [4.78, 5) is 0.505. The molecule has 0 spiro atoms. The van der Waals surface area contributed by atoms with Gasteiger partial charge >= 0.3 is 5.51 Å². The zero-order valence-corrected chi connectivity index (χ0v) is 11.7. The van der Waals surface area contributed by atoms with Gasteiger partial charge in [-0.3, -0.25) is 0 Å². The highest BCUT2D eigenvalue weighted by Crippen LogP contribution is 2.35. The molecule has 0 atom stereocenters. The van der Waals surface area contributed by atoms with Crippen molar-refractivity contribution in [3.63, 3.8) is 0 Å². The first kappa shape index (κ1) is 14.9. The van der Waals surface area contributed by atoms with Gasteiger partial charge in [0.25, 0.3) is 0 Å². The van der Waals surface area contributed by atoms with Gasteiger partial charge in [0.05, 0.1) is 21.7 Å². The van der Waals surface area contributed by atoms with Gasteiger partial charge in [-0.1, -0.05) is 36.4 Å². The molecule has 2 nitrogen and oxygen atoms in total. The minimum atomic E-state index is -4.56. The molecule has 0 aliphatic heterocycles. The summed E-state index contributed by atoms with van der Waals surface area (Å²) in [7, 11) is -3.31. The third-order valence-corrected chi connectivity index (χ3v) is 5.54. The molecular weight excluding hydrogens is 307 g/mol. The van der Waals surface area contributed by atoms with Crippen molar-refractivity contribution in [2.45, 2.75) is 15.3 Å². The summed E-state index contributed by atoms with van der Waals surface area (Å²) in [5, 5.41) is 0. The summed E-state index contributed by atoms with van der Waals surface area (Å²) in [5.74, 6) is 0.